The monoisotopic (exact) mass is 588 g/mol. The van der Waals surface area contributed by atoms with Gasteiger partial charge in [0.15, 0.2) is 5.82 Å². The normalized spacial score (nSPS) is 12.1. The summed E-state index contributed by atoms with van der Waals surface area (Å²) in [4.78, 5) is 27.6. The molecule has 2 aromatic carbocycles. The number of benzene rings is 2. The number of carbonyl (C=O) groups is 1. The van der Waals surface area contributed by atoms with Crippen molar-refractivity contribution in [3.05, 3.63) is 101 Å². The fraction of sp³-hybridized carbons (Fsp3) is 0.281. The SMILES string of the molecule is Cc1cc(-c2ncc3nc(C(F)(F)F)cc(C)c3n2)ccc1N(C)C(=O)c1ccnn1CC(C)(C)OCc1ccccc1. The topological polar surface area (TPSA) is 86.0 Å². The van der Waals surface area contributed by atoms with Gasteiger partial charge in [0.2, 0.25) is 0 Å². The lowest BCUT2D eigenvalue weighted by Gasteiger charge is -2.27. The molecule has 11 heteroatoms. The molecule has 43 heavy (non-hydrogen) atoms. The molecule has 0 spiro atoms. The van der Waals surface area contributed by atoms with Gasteiger partial charge in [0, 0.05) is 24.5 Å². The number of halogens is 3. The molecular weight excluding hydrogens is 557 g/mol. The first kappa shape index (κ1) is 29.8. The molecule has 5 rings (SSSR count). The molecule has 8 nitrogen and oxygen atoms in total. The molecule has 1 amide bonds. The molecule has 0 N–H and O–H groups in total. The molecule has 0 fully saturated rings. The molecule has 0 saturated heterocycles. The average Bonchev–Trinajstić information content (AvgIpc) is 3.42. The molecule has 222 valence electrons. The van der Waals surface area contributed by atoms with Gasteiger partial charge in [0.1, 0.15) is 16.9 Å². The van der Waals surface area contributed by atoms with Crippen LogP contribution >= 0.6 is 0 Å². The van der Waals surface area contributed by atoms with Gasteiger partial charge < -0.3 is 9.64 Å². The minimum atomic E-state index is -4.56. The zero-order valence-corrected chi connectivity index (χ0v) is 24.5. The van der Waals surface area contributed by atoms with Crippen molar-refractivity contribution in [1.82, 2.24) is 24.7 Å². The van der Waals surface area contributed by atoms with Crippen LogP contribution in [0.15, 0.2) is 73.1 Å². The van der Waals surface area contributed by atoms with Gasteiger partial charge in [0.25, 0.3) is 5.91 Å². The number of hydrogen-bond donors (Lipinski definition) is 0. The first-order valence-electron chi connectivity index (χ1n) is 13.6. The van der Waals surface area contributed by atoms with E-state index in [1.807, 2.05) is 57.2 Å². The predicted octanol–water partition coefficient (Wildman–Crippen LogP) is 6.80. The molecule has 0 radical (unpaired) electrons. The van der Waals surface area contributed by atoms with E-state index >= 15 is 0 Å². The van der Waals surface area contributed by atoms with E-state index in [2.05, 4.69) is 20.1 Å². The number of aryl methyl sites for hydroxylation is 2. The second-order valence-corrected chi connectivity index (χ2v) is 11.0. The number of fused-ring (bicyclic) bond motifs is 1. The van der Waals surface area contributed by atoms with Gasteiger partial charge in [-0.05, 0) is 74.7 Å². The third kappa shape index (κ3) is 6.56. The molecule has 0 aliphatic carbocycles. The number of aromatic nitrogens is 5. The third-order valence-electron chi connectivity index (χ3n) is 7.09. The highest BCUT2D eigenvalue weighted by atomic mass is 19.4. The number of anilines is 1. The van der Waals surface area contributed by atoms with E-state index in [1.54, 1.807) is 47.9 Å². The molecule has 0 aliphatic heterocycles. The predicted molar refractivity (Wildman–Crippen MR) is 158 cm³/mol. The highest BCUT2D eigenvalue weighted by Crippen LogP contribution is 2.31. The van der Waals surface area contributed by atoms with Gasteiger partial charge in [-0.3, -0.25) is 9.48 Å². The largest absolute Gasteiger partial charge is 0.433 e. The third-order valence-corrected chi connectivity index (χ3v) is 7.09. The lowest BCUT2D eigenvalue weighted by Crippen LogP contribution is -2.35. The highest BCUT2D eigenvalue weighted by Gasteiger charge is 2.33. The van der Waals surface area contributed by atoms with E-state index in [0.717, 1.165) is 17.2 Å². The molecule has 0 bridgehead atoms. The quantitative estimate of drug-likeness (QED) is 0.198. The van der Waals surface area contributed by atoms with E-state index in [-0.39, 0.29) is 11.4 Å². The van der Waals surface area contributed by atoms with Crippen molar-refractivity contribution in [3.8, 4) is 11.4 Å². The second-order valence-electron chi connectivity index (χ2n) is 11.0. The maximum Gasteiger partial charge on any atom is 0.433 e. The lowest BCUT2D eigenvalue weighted by atomic mass is 10.1. The van der Waals surface area contributed by atoms with E-state index in [1.165, 1.54) is 6.20 Å². The van der Waals surface area contributed by atoms with Crippen LogP contribution in [0.1, 0.15) is 46.7 Å². The van der Waals surface area contributed by atoms with Crippen molar-refractivity contribution in [3.63, 3.8) is 0 Å². The summed E-state index contributed by atoms with van der Waals surface area (Å²) in [6, 6.07) is 17.9. The first-order valence-corrected chi connectivity index (χ1v) is 13.6. The Balaban J connectivity index is 1.34. The van der Waals surface area contributed by atoms with E-state index < -0.39 is 17.5 Å². The fourth-order valence-corrected chi connectivity index (χ4v) is 4.82. The number of rotatable bonds is 8. The van der Waals surface area contributed by atoms with Crippen LogP contribution in [0.2, 0.25) is 0 Å². The second kappa shape index (κ2) is 11.6. The van der Waals surface area contributed by atoms with Crippen LogP contribution in [-0.4, -0.2) is 43.3 Å². The van der Waals surface area contributed by atoms with Crippen molar-refractivity contribution in [1.29, 1.82) is 0 Å². The number of nitrogens with zero attached hydrogens (tertiary/aromatic N) is 6. The summed E-state index contributed by atoms with van der Waals surface area (Å²) in [5, 5.41) is 4.39. The Kier molecular flexibility index (Phi) is 8.02. The Bertz CT molecular complexity index is 1780. The minimum Gasteiger partial charge on any atom is -0.369 e. The first-order chi connectivity index (χ1) is 20.3. The van der Waals surface area contributed by atoms with Crippen molar-refractivity contribution in [2.45, 2.75) is 52.6 Å². The van der Waals surface area contributed by atoms with Gasteiger partial charge in [-0.15, -0.1) is 0 Å². The molecular formula is C32H31F3N6O2. The van der Waals surface area contributed by atoms with E-state index in [0.29, 0.717) is 47.0 Å². The summed E-state index contributed by atoms with van der Waals surface area (Å²) in [6.45, 7) is 8.16. The zero-order valence-electron chi connectivity index (χ0n) is 24.5. The Labute approximate surface area is 247 Å². The summed E-state index contributed by atoms with van der Waals surface area (Å²) < 4.78 is 47.3. The molecule has 5 aromatic rings. The van der Waals surface area contributed by atoms with Crippen molar-refractivity contribution >= 4 is 22.6 Å². The van der Waals surface area contributed by atoms with Gasteiger partial charge in [-0.2, -0.15) is 18.3 Å². The number of ether oxygens (including phenoxy) is 1. The maximum atomic E-state index is 13.6. The van der Waals surface area contributed by atoms with Crippen molar-refractivity contribution < 1.29 is 22.7 Å². The molecule has 0 atom stereocenters. The molecule has 0 aliphatic rings. The van der Waals surface area contributed by atoms with Crippen LogP contribution in [0, 0.1) is 13.8 Å². The fourth-order valence-electron chi connectivity index (χ4n) is 4.82. The van der Waals surface area contributed by atoms with Crippen LogP contribution in [0.25, 0.3) is 22.4 Å². The summed E-state index contributed by atoms with van der Waals surface area (Å²) in [7, 11) is 1.69. The molecule has 0 saturated carbocycles. The minimum absolute atomic E-state index is 0.0694. The Morgan fingerprint density at radius 2 is 1.72 bits per heavy atom. The lowest BCUT2D eigenvalue weighted by molar-refractivity contribution is -0.141. The maximum absolute atomic E-state index is 13.6. The van der Waals surface area contributed by atoms with Crippen LogP contribution in [0.3, 0.4) is 0 Å². The van der Waals surface area contributed by atoms with Gasteiger partial charge in [-0.25, -0.2) is 15.0 Å². The smallest absolute Gasteiger partial charge is 0.369 e. The number of alkyl halides is 3. The van der Waals surface area contributed by atoms with Crippen molar-refractivity contribution in [2.75, 3.05) is 11.9 Å². The van der Waals surface area contributed by atoms with Crippen molar-refractivity contribution in [2.24, 2.45) is 0 Å². The molecule has 3 heterocycles. The number of amides is 1. The van der Waals surface area contributed by atoms with E-state index in [9.17, 15) is 18.0 Å². The van der Waals surface area contributed by atoms with Crippen LogP contribution in [0.5, 0.6) is 0 Å². The van der Waals surface area contributed by atoms with Gasteiger partial charge in [-0.1, -0.05) is 30.3 Å². The summed E-state index contributed by atoms with van der Waals surface area (Å²) in [5.41, 5.74) is 2.79. The number of carbonyl (C=O) groups excluding carboxylic acids is 1. The Morgan fingerprint density at radius 1 is 0.977 bits per heavy atom. The van der Waals surface area contributed by atoms with Crippen LogP contribution in [0.4, 0.5) is 18.9 Å². The number of pyridine rings is 1. The highest BCUT2D eigenvalue weighted by molar-refractivity contribution is 6.05. The van der Waals surface area contributed by atoms with Crippen LogP contribution < -0.4 is 4.90 Å². The molecule has 0 unspecified atom stereocenters. The Hall–Kier alpha value is -4.64. The Morgan fingerprint density at radius 3 is 2.42 bits per heavy atom. The summed E-state index contributed by atoms with van der Waals surface area (Å²) >= 11 is 0. The van der Waals surface area contributed by atoms with Crippen LogP contribution in [-0.2, 0) is 24.1 Å². The summed E-state index contributed by atoms with van der Waals surface area (Å²) in [5.74, 6) is 0.105. The van der Waals surface area contributed by atoms with Gasteiger partial charge in [0.05, 0.1) is 30.5 Å². The zero-order chi connectivity index (χ0) is 30.9. The molecule has 3 aromatic heterocycles. The average molecular weight is 589 g/mol. The van der Waals surface area contributed by atoms with Gasteiger partial charge >= 0.3 is 6.18 Å². The standard InChI is InChI=1S/C32H31F3N6O2/c1-20-15-23(29-36-17-24-28(39-29)21(2)16-27(38-24)32(33,34)35)11-12-25(20)40(5)30(42)26-13-14-37-41(26)19-31(3,4)43-18-22-9-7-6-8-10-22/h6-17H,18-19H2,1-5H3. The number of hydrogen-bond acceptors (Lipinski definition) is 6. The van der Waals surface area contributed by atoms with E-state index in [4.69, 9.17) is 4.74 Å². The summed E-state index contributed by atoms with van der Waals surface area (Å²) in [6.07, 6.45) is -1.67.